The van der Waals surface area contributed by atoms with E-state index in [0.29, 0.717) is 0 Å². The molecule has 1 unspecified atom stereocenters. The van der Waals surface area contributed by atoms with E-state index < -0.39 is 119 Å². The summed E-state index contributed by atoms with van der Waals surface area (Å²) in [5.41, 5.74) is 0. The van der Waals surface area contributed by atoms with Crippen LogP contribution < -0.4 is 5.11 Å². The summed E-state index contributed by atoms with van der Waals surface area (Å²) in [7, 11) is 15.9. The van der Waals surface area contributed by atoms with Crippen LogP contribution in [0.5, 0.6) is 0 Å². The number of amides is 9. The van der Waals surface area contributed by atoms with Gasteiger partial charge < -0.3 is 54.1 Å². The third-order valence-electron chi connectivity index (χ3n) is 13.5. The SMILES string of the molecule is CC1C(=O)N(C)[C@H](C)C(=O)N(C)C=C([O-])N(C)[C@@H](C)C(=O)N(C)[C@H](C)CN(C)[C@H](C)C(=O)N(C)[C@H](C)C(=O)N(C)[C@@H](C)C(=O)N(C)[C@H](C)C(=O)N(C)[C@H](C)C(=O)N(C)[C@H](C)C(=O)N1C. The second-order valence-electron chi connectivity index (χ2n) is 17.5. The lowest BCUT2D eigenvalue weighted by atomic mass is 10.1. The summed E-state index contributed by atoms with van der Waals surface area (Å²) in [6.45, 7) is 15.7. The Hall–Kier alpha value is -5.47. The van der Waals surface area contributed by atoms with Crippen LogP contribution in [-0.2, 0) is 43.2 Å². The van der Waals surface area contributed by atoms with Crippen LogP contribution >= 0.6 is 0 Å². The third-order valence-corrected chi connectivity index (χ3v) is 13.5. The van der Waals surface area contributed by atoms with Gasteiger partial charge in [0.1, 0.15) is 48.3 Å². The van der Waals surface area contributed by atoms with Crippen molar-refractivity contribution in [3.8, 4) is 0 Å². The molecule has 0 aromatic carbocycles. The number of hydrogen-bond donors (Lipinski definition) is 0. The lowest BCUT2D eigenvalue weighted by molar-refractivity contribution is -0.334. The van der Waals surface area contributed by atoms with Gasteiger partial charge in [-0.05, 0) is 82.2 Å². The first-order chi connectivity index (χ1) is 29.2. The molecule has 0 aromatic rings. The second kappa shape index (κ2) is 22.9. The maximum Gasteiger partial charge on any atom is 0.248 e. The molecule has 0 aliphatic carbocycles. The van der Waals surface area contributed by atoms with Gasteiger partial charge in [-0.2, -0.15) is 0 Å². The highest BCUT2D eigenvalue weighted by molar-refractivity contribution is 5.97. The number of nitrogens with zero attached hydrogens (tertiary/aromatic N) is 11. The molecule has 1 aliphatic heterocycles. The summed E-state index contributed by atoms with van der Waals surface area (Å²) < 4.78 is 0. The molecule has 0 fully saturated rings. The molecule has 0 saturated heterocycles. The van der Waals surface area contributed by atoms with Gasteiger partial charge in [0, 0.05) is 89.3 Å². The van der Waals surface area contributed by atoms with Gasteiger partial charge in [0.05, 0.1) is 6.04 Å². The molecule has 0 bridgehead atoms. The molecule has 21 nitrogen and oxygen atoms in total. The molecule has 0 saturated carbocycles. The van der Waals surface area contributed by atoms with Gasteiger partial charge in [-0.1, -0.05) is 0 Å². The molecule has 0 radical (unpaired) electrons. The molecule has 0 aromatic heterocycles. The zero-order valence-electron chi connectivity index (χ0n) is 42.1. The highest BCUT2D eigenvalue weighted by atomic mass is 16.3. The van der Waals surface area contributed by atoms with Crippen molar-refractivity contribution in [2.45, 2.75) is 130 Å². The number of carbonyl (C=O) groups is 9. The highest BCUT2D eigenvalue weighted by Crippen LogP contribution is 2.17. The van der Waals surface area contributed by atoms with E-state index in [2.05, 4.69) is 0 Å². The zero-order valence-corrected chi connectivity index (χ0v) is 42.1. The Morgan fingerprint density at radius 1 is 0.328 bits per heavy atom. The first-order valence-electron chi connectivity index (χ1n) is 21.4. The van der Waals surface area contributed by atoms with Crippen LogP contribution in [-0.4, -0.2) is 252 Å². The van der Waals surface area contributed by atoms with Crippen LogP contribution in [0.3, 0.4) is 0 Å². The van der Waals surface area contributed by atoms with Crippen LogP contribution in [0.15, 0.2) is 12.1 Å². The van der Waals surface area contributed by atoms with E-state index >= 15 is 0 Å². The minimum absolute atomic E-state index is 0.234. The normalized spacial score (nSPS) is 30.9. The largest absolute Gasteiger partial charge is 0.859 e. The number of rotatable bonds is 0. The number of likely N-dealkylation sites (N-methyl/N-ethyl adjacent to an activating group) is 11. The van der Waals surface area contributed by atoms with E-state index in [9.17, 15) is 48.3 Å². The topological polar surface area (TPSA) is 212 Å². The van der Waals surface area contributed by atoms with Gasteiger partial charge in [0.25, 0.3) is 0 Å². The van der Waals surface area contributed by atoms with Crippen LogP contribution in [0, 0.1) is 0 Å². The predicted molar refractivity (Wildman–Crippen MR) is 238 cm³/mol. The zero-order chi connectivity index (χ0) is 50.3. The molecule has 1 rings (SSSR count). The third kappa shape index (κ3) is 12.4. The van der Waals surface area contributed by atoms with Crippen LogP contribution in [0.2, 0.25) is 0 Å². The molecule has 64 heavy (non-hydrogen) atoms. The van der Waals surface area contributed by atoms with E-state index in [-0.39, 0.29) is 6.54 Å². The van der Waals surface area contributed by atoms with Crippen molar-refractivity contribution in [1.29, 1.82) is 0 Å². The molecule has 10 atom stereocenters. The van der Waals surface area contributed by atoms with Crippen LogP contribution in [0.25, 0.3) is 0 Å². The summed E-state index contributed by atoms with van der Waals surface area (Å²) >= 11 is 0. The average molecular weight is 907 g/mol. The molecule has 364 valence electrons. The van der Waals surface area contributed by atoms with Crippen LogP contribution in [0.4, 0.5) is 0 Å². The number of hydrogen-bond acceptors (Lipinski definition) is 12. The standard InChI is InChI=1S/C43H77N11O10/c1-24-22-44(11)25(2)36(57)49(16)28(5)39(60)51(18)30(7)41(62)53(20)32(9)43(64)54(21)33(10)42(63)52(19)31(8)40(61)50(17)29(6)38(59)48(15)26(3)35(56)45(12)23-34(55)47(14)27(4)37(58)46(24)13/h23-33,55H,22H2,1-21H3/p-1/t24-,25-,26-,27+,28-,29?,30+,31-,32-,33-/m1/s1. The van der Waals surface area contributed by atoms with Crippen molar-refractivity contribution in [3.05, 3.63) is 12.1 Å². The fourth-order valence-corrected chi connectivity index (χ4v) is 6.93. The van der Waals surface area contributed by atoms with Gasteiger partial charge in [-0.15, -0.1) is 0 Å². The van der Waals surface area contributed by atoms with E-state index in [1.807, 2.05) is 0 Å². The highest BCUT2D eigenvalue weighted by Gasteiger charge is 2.39. The molecular formula is C43H76N11O10-. The summed E-state index contributed by atoms with van der Waals surface area (Å²) in [4.78, 5) is 137. The van der Waals surface area contributed by atoms with Gasteiger partial charge in [0.15, 0.2) is 0 Å². The van der Waals surface area contributed by atoms with Crippen molar-refractivity contribution >= 4 is 53.2 Å². The van der Waals surface area contributed by atoms with E-state index in [1.54, 1.807) is 46.7 Å². The molecular weight excluding hydrogens is 831 g/mol. The maximum atomic E-state index is 13.7. The van der Waals surface area contributed by atoms with E-state index in [1.165, 1.54) is 129 Å². The van der Waals surface area contributed by atoms with Crippen molar-refractivity contribution in [2.75, 3.05) is 84.1 Å². The summed E-state index contributed by atoms with van der Waals surface area (Å²) in [5, 5.41) is 13.4. The Labute approximate surface area is 380 Å². The lowest BCUT2D eigenvalue weighted by Crippen LogP contribution is -2.59. The molecule has 0 spiro atoms. The first-order valence-corrected chi connectivity index (χ1v) is 21.4. The van der Waals surface area contributed by atoms with Crippen molar-refractivity contribution in [2.24, 2.45) is 0 Å². The van der Waals surface area contributed by atoms with Crippen molar-refractivity contribution in [1.82, 2.24) is 53.9 Å². The molecule has 1 heterocycles. The Kier molecular flexibility index (Phi) is 20.3. The minimum Gasteiger partial charge on any atom is -0.859 e. The lowest BCUT2D eigenvalue weighted by Gasteiger charge is -2.39. The Morgan fingerprint density at radius 3 is 0.797 bits per heavy atom. The van der Waals surface area contributed by atoms with Crippen LogP contribution in [0.1, 0.15) is 69.2 Å². The predicted octanol–water partition coefficient (Wildman–Crippen LogP) is -1.97. The fraction of sp³-hybridized carbons (Fsp3) is 0.744. The van der Waals surface area contributed by atoms with Crippen molar-refractivity contribution in [3.63, 3.8) is 0 Å². The van der Waals surface area contributed by atoms with E-state index in [0.717, 1.165) is 30.7 Å². The Balaban J connectivity index is 3.67. The Morgan fingerprint density at radius 2 is 0.531 bits per heavy atom. The average Bonchev–Trinajstić information content (AvgIpc) is 3.28. The number of carbonyl (C=O) groups excluding carboxylic acids is 9. The van der Waals surface area contributed by atoms with Gasteiger partial charge in [-0.3, -0.25) is 48.1 Å². The molecule has 0 N–H and O–H groups in total. The quantitative estimate of drug-likeness (QED) is 0.259. The first kappa shape index (κ1) is 56.5. The van der Waals surface area contributed by atoms with Gasteiger partial charge in [-0.25, -0.2) is 0 Å². The molecule has 9 amide bonds. The van der Waals surface area contributed by atoms with Gasteiger partial charge in [0.2, 0.25) is 53.2 Å². The fourth-order valence-electron chi connectivity index (χ4n) is 6.93. The maximum absolute atomic E-state index is 13.7. The minimum atomic E-state index is -1.10. The van der Waals surface area contributed by atoms with Gasteiger partial charge >= 0.3 is 0 Å². The molecule has 1 aliphatic rings. The Bertz CT molecular complexity index is 1800. The summed E-state index contributed by atoms with van der Waals surface area (Å²) in [6, 6.07) is -9.66. The van der Waals surface area contributed by atoms with Crippen molar-refractivity contribution < 1.29 is 48.3 Å². The van der Waals surface area contributed by atoms with E-state index in [4.69, 9.17) is 0 Å². The second-order valence-corrected chi connectivity index (χ2v) is 17.5. The summed E-state index contributed by atoms with van der Waals surface area (Å²) in [5.74, 6) is -5.60. The summed E-state index contributed by atoms with van der Waals surface area (Å²) in [6.07, 6.45) is 1.02. The molecule has 21 heteroatoms. The smallest absolute Gasteiger partial charge is 0.248 e. The monoisotopic (exact) mass is 907 g/mol.